The van der Waals surface area contributed by atoms with Crippen LogP contribution in [0.1, 0.15) is 42.0 Å². The van der Waals surface area contributed by atoms with Gasteiger partial charge in [-0.05, 0) is 53.9 Å². The third-order valence-electron chi connectivity index (χ3n) is 6.59. The van der Waals surface area contributed by atoms with Crippen molar-refractivity contribution in [3.63, 3.8) is 0 Å². The topological polar surface area (TPSA) is 76.2 Å². The normalized spacial score (nSPS) is 25.3. The van der Waals surface area contributed by atoms with Gasteiger partial charge >= 0.3 is 6.18 Å². The number of aliphatic hydroxyl groups excluding tert-OH is 1. The molecule has 7 heteroatoms. The molecule has 4 rings (SSSR count). The minimum Gasteiger partial charge on any atom is -0.392 e. The molecule has 31 heavy (non-hydrogen) atoms. The summed E-state index contributed by atoms with van der Waals surface area (Å²) in [5.74, 6) is -0.353. The number of nitrogens with zero attached hydrogens (tertiary/aromatic N) is 1. The first-order valence-electron chi connectivity index (χ1n) is 10.2. The minimum absolute atomic E-state index is 0.00710. The van der Waals surface area contributed by atoms with Crippen molar-refractivity contribution in [2.45, 2.75) is 38.0 Å². The highest BCUT2D eigenvalue weighted by Crippen LogP contribution is 2.56. The van der Waals surface area contributed by atoms with Crippen molar-refractivity contribution in [2.75, 3.05) is 0 Å². The zero-order valence-corrected chi connectivity index (χ0v) is 16.8. The van der Waals surface area contributed by atoms with Crippen LogP contribution >= 0.6 is 0 Å². The van der Waals surface area contributed by atoms with Crippen LogP contribution in [0.5, 0.6) is 0 Å². The quantitative estimate of drug-likeness (QED) is 0.722. The van der Waals surface area contributed by atoms with Crippen LogP contribution in [-0.4, -0.2) is 16.0 Å². The van der Waals surface area contributed by atoms with Crippen molar-refractivity contribution in [3.05, 3.63) is 77.7 Å². The number of alkyl halides is 3. The molecule has 2 aliphatic carbocycles. The van der Waals surface area contributed by atoms with E-state index in [1.54, 1.807) is 6.07 Å². The number of rotatable bonds is 5. The second kappa shape index (κ2) is 7.96. The maximum Gasteiger partial charge on any atom is 0.433 e. The number of primary amides is 1. The molecular formula is C24H23F3N2O2. The molecule has 3 N–H and O–H groups in total. The van der Waals surface area contributed by atoms with Crippen LogP contribution in [0.25, 0.3) is 11.1 Å². The van der Waals surface area contributed by atoms with Gasteiger partial charge in [-0.1, -0.05) is 48.6 Å². The largest absolute Gasteiger partial charge is 0.433 e. The Morgan fingerprint density at radius 3 is 2.55 bits per heavy atom. The highest BCUT2D eigenvalue weighted by Gasteiger charge is 2.50. The number of nitrogens with two attached hydrogens (primary N) is 1. The van der Waals surface area contributed by atoms with E-state index in [-0.39, 0.29) is 23.3 Å². The first kappa shape index (κ1) is 21.3. The van der Waals surface area contributed by atoms with E-state index in [0.717, 1.165) is 30.0 Å². The van der Waals surface area contributed by atoms with Crippen LogP contribution in [0.3, 0.4) is 0 Å². The first-order valence-corrected chi connectivity index (χ1v) is 10.2. The van der Waals surface area contributed by atoms with E-state index in [1.807, 2.05) is 42.5 Å². The molecule has 4 nitrogen and oxygen atoms in total. The molecule has 1 heterocycles. The Kier molecular flexibility index (Phi) is 5.47. The second-order valence-electron chi connectivity index (χ2n) is 8.16. The van der Waals surface area contributed by atoms with Crippen molar-refractivity contribution in [1.29, 1.82) is 0 Å². The lowest BCUT2D eigenvalue weighted by atomic mass is 9.55. The third kappa shape index (κ3) is 3.67. The predicted octanol–water partition coefficient (Wildman–Crippen LogP) is 4.74. The smallest absolute Gasteiger partial charge is 0.392 e. The summed E-state index contributed by atoms with van der Waals surface area (Å²) in [6.07, 6.45) is 6.36. The SMILES string of the molecule is NC(=O)C1(C2CCC2c2ccccc2-c2cnc(C(F)(F)F)cc2CO)C=CC=CC1. The number of pyridine rings is 1. The summed E-state index contributed by atoms with van der Waals surface area (Å²) in [6, 6.07) is 8.32. The third-order valence-corrected chi connectivity index (χ3v) is 6.59. The second-order valence-corrected chi connectivity index (χ2v) is 8.16. The molecule has 1 fully saturated rings. The number of carbonyl (C=O) groups excluding carboxylic acids is 1. The molecule has 1 aromatic heterocycles. The van der Waals surface area contributed by atoms with Gasteiger partial charge in [0.2, 0.25) is 5.91 Å². The van der Waals surface area contributed by atoms with Crippen molar-refractivity contribution < 1.29 is 23.1 Å². The van der Waals surface area contributed by atoms with E-state index in [9.17, 15) is 23.1 Å². The van der Waals surface area contributed by atoms with Crippen molar-refractivity contribution >= 4 is 5.91 Å². The molecular weight excluding hydrogens is 405 g/mol. The molecule has 0 spiro atoms. The zero-order chi connectivity index (χ0) is 22.2. The summed E-state index contributed by atoms with van der Waals surface area (Å²) >= 11 is 0. The van der Waals surface area contributed by atoms with Gasteiger partial charge in [-0.25, -0.2) is 0 Å². The Balaban J connectivity index is 1.76. The van der Waals surface area contributed by atoms with Crippen molar-refractivity contribution in [1.82, 2.24) is 4.98 Å². The van der Waals surface area contributed by atoms with Crippen LogP contribution in [0, 0.1) is 11.3 Å². The molecule has 3 atom stereocenters. The van der Waals surface area contributed by atoms with Crippen LogP contribution in [0.4, 0.5) is 13.2 Å². The lowest BCUT2D eigenvalue weighted by molar-refractivity contribution is -0.141. The fourth-order valence-electron chi connectivity index (χ4n) is 4.86. The molecule has 2 aliphatic rings. The molecule has 0 bridgehead atoms. The van der Waals surface area contributed by atoms with Gasteiger partial charge in [-0.15, -0.1) is 0 Å². The van der Waals surface area contributed by atoms with E-state index in [2.05, 4.69) is 4.98 Å². The lowest BCUT2D eigenvalue weighted by Crippen LogP contribution is -2.48. The van der Waals surface area contributed by atoms with Crippen LogP contribution in [0.15, 0.2) is 60.8 Å². The number of aliphatic hydroxyl groups is 1. The molecule has 2 aromatic rings. The number of aromatic nitrogens is 1. The van der Waals surface area contributed by atoms with Crippen LogP contribution < -0.4 is 5.73 Å². The fraction of sp³-hybridized carbons (Fsp3) is 0.333. The van der Waals surface area contributed by atoms with Gasteiger partial charge in [0, 0.05) is 11.8 Å². The van der Waals surface area contributed by atoms with Gasteiger partial charge in [0.05, 0.1) is 12.0 Å². The van der Waals surface area contributed by atoms with Gasteiger partial charge < -0.3 is 10.8 Å². The van der Waals surface area contributed by atoms with Gasteiger partial charge in [0.15, 0.2) is 0 Å². The van der Waals surface area contributed by atoms with Crippen molar-refractivity contribution in [3.8, 4) is 11.1 Å². The Labute approximate surface area is 178 Å². The number of hydrogen-bond donors (Lipinski definition) is 2. The van der Waals surface area contributed by atoms with Crippen LogP contribution in [0.2, 0.25) is 0 Å². The summed E-state index contributed by atoms with van der Waals surface area (Å²) in [5.41, 5.74) is 6.29. The highest BCUT2D eigenvalue weighted by atomic mass is 19.4. The highest BCUT2D eigenvalue weighted by molar-refractivity contribution is 5.84. The summed E-state index contributed by atoms with van der Waals surface area (Å²) < 4.78 is 39.3. The average molecular weight is 428 g/mol. The fourth-order valence-corrected chi connectivity index (χ4v) is 4.86. The Morgan fingerprint density at radius 2 is 1.97 bits per heavy atom. The van der Waals surface area contributed by atoms with E-state index >= 15 is 0 Å². The monoisotopic (exact) mass is 428 g/mol. The molecule has 0 radical (unpaired) electrons. The Hall–Kier alpha value is -2.93. The minimum atomic E-state index is -4.59. The molecule has 1 saturated carbocycles. The number of hydrogen-bond acceptors (Lipinski definition) is 3. The number of amides is 1. The predicted molar refractivity (Wildman–Crippen MR) is 111 cm³/mol. The molecule has 162 valence electrons. The number of allylic oxidation sites excluding steroid dienone is 3. The average Bonchev–Trinajstić information content (AvgIpc) is 2.73. The molecule has 1 amide bonds. The molecule has 3 unspecified atom stereocenters. The number of carbonyl (C=O) groups is 1. The summed E-state index contributed by atoms with van der Waals surface area (Å²) in [5, 5.41) is 9.77. The van der Waals surface area contributed by atoms with Gasteiger partial charge in [0.1, 0.15) is 5.69 Å². The van der Waals surface area contributed by atoms with Crippen LogP contribution in [-0.2, 0) is 17.6 Å². The summed E-state index contributed by atoms with van der Waals surface area (Å²) in [4.78, 5) is 16.1. The number of benzene rings is 1. The summed E-state index contributed by atoms with van der Waals surface area (Å²) in [6.45, 7) is -0.540. The van der Waals surface area contributed by atoms with E-state index in [0.29, 0.717) is 12.0 Å². The van der Waals surface area contributed by atoms with Gasteiger partial charge in [-0.3, -0.25) is 9.78 Å². The zero-order valence-electron chi connectivity index (χ0n) is 16.8. The Bertz CT molecular complexity index is 1060. The molecule has 0 saturated heterocycles. The van der Waals surface area contributed by atoms with Crippen molar-refractivity contribution in [2.24, 2.45) is 17.1 Å². The summed E-state index contributed by atoms with van der Waals surface area (Å²) in [7, 11) is 0. The lowest BCUT2D eigenvalue weighted by Gasteiger charge is -2.48. The standard InChI is InChI=1S/C24H23F3N2O2/c25-24(26,27)21-12-15(14-30)19(13-29-21)17-7-3-2-6-16(17)18-8-9-20(18)23(22(28)31)10-4-1-5-11-23/h1-7,10,12-13,18,20,30H,8-9,11,14H2,(H2,28,31). The Morgan fingerprint density at radius 1 is 1.19 bits per heavy atom. The van der Waals surface area contributed by atoms with E-state index in [4.69, 9.17) is 5.73 Å². The molecule has 0 aliphatic heterocycles. The number of halogens is 3. The van der Waals surface area contributed by atoms with E-state index in [1.165, 1.54) is 6.20 Å². The van der Waals surface area contributed by atoms with Gasteiger partial charge in [0.25, 0.3) is 0 Å². The van der Waals surface area contributed by atoms with E-state index < -0.39 is 23.9 Å². The van der Waals surface area contributed by atoms with Gasteiger partial charge in [-0.2, -0.15) is 13.2 Å². The maximum absolute atomic E-state index is 13.1. The maximum atomic E-state index is 13.1. The first-order chi connectivity index (χ1) is 14.8. The molecule has 1 aromatic carbocycles.